The third kappa shape index (κ3) is 4.04. The van der Waals surface area contributed by atoms with Gasteiger partial charge in [-0.05, 0) is 37.1 Å². The number of carbonyl (C=O) groups is 2. The molecule has 2 aliphatic rings. The maximum absolute atomic E-state index is 13.3. The van der Waals surface area contributed by atoms with Crippen LogP contribution in [0.2, 0.25) is 0 Å². The molecule has 2 heterocycles. The number of pyridine rings is 1. The van der Waals surface area contributed by atoms with Gasteiger partial charge in [-0.3, -0.25) is 14.6 Å². The monoisotopic (exact) mass is 395 g/mol. The minimum atomic E-state index is -0.372. The van der Waals surface area contributed by atoms with Gasteiger partial charge < -0.3 is 19.3 Å². The van der Waals surface area contributed by atoms with Gasteiger partial charge in [0.15, 0.2) is 0 Å². The van der Waals surface area contributed by atoms with Crippen molar-refractivity contribution < 1.29 is 19.1 Å². The van der Waals surface area contributed by atoms with Gasteiger partial charge in [0.25, 0.3) is 0 Å². The Morgan fingerprint density at radius 2 is 2.03 bits per heavy atom. The molecule has 2 amide bonds. The largest absolute Gasteiger partial charge is 0.497 e. The highest BCUT2D eigenvalue weighted by Crippen LogP contribution is 2.37. The van der Waals surface area contributed by atoms with Crippen molar-refractivity contribution >= 4 is 17.5 Å². The number of anilines is 1. The third-order valence-electron chi connectivity index (χ3n) is 5.48. The quantitative estimate of drug-likeness (QED) is 0.721. The van der Waals surface area contributed by atoms with Crippen LogP contribution in [0.25, 0.3) is 0 Å². The number of rotatable bonds is 7. The minimum Gasteiger partial charge on any atom is -0.497 e. The Balaban J connectivity index is 1.53. The molecule has 2 aromatic rings. The van der Waals surface area contributed by atoms with E-state index in [9.17, 15) is 9.59 Å². The van der Waals surface area contributed by atoms with Crippen LogP contribution in [-0.2, 0) is 16.1 Å². The normalized spacial score (nSPS) is 18.6. The van der Waals surface area contributed by atoms with E-state index in [1.165, 1.54) is 0 Å². The van der Waals surface area contributed by atoms with Crippen molar-refractivity contribution in [1.82, 2.24) is 9.88 Å². The van der Waals surface area contributed by atoms with Crippen LogP contribution in [0.3, 0.4) is 0 Å². The number of amides is 2. The van der Waals surface area contributed by atoms with Crippen molar-refractivity contribution in [1.29, 1.82) is 0 Å². The SMILES string of the molecule is COc1ccc(OC)c(N2CC(C(=O)N(Cc3ccccn3)C3CC3)CC2=O)c1. The molecule has 1 aromatic heterocycles. The maximum atomic E-state index is 13.3. The highest BCUT2D eigenvalue weighted by Gasteiger charge is 2.42. The molecule has 7 nitrogen and oxygen atoms in total. The van der Waals surface area contributed by atoms with E-state index in [1.807, 2.05) is 23.1 Å². The van der Waals surface area contributed by atoms with E-state index in [1.54, 1.807) is 43.5 Å². The van der Waals surface area contributed by atoms with Gasteiger partial charge in [0, 0.05) is 31.3 Å². The molecule has 0 bridgehead atoms. The van der Waals surface area contributed by atoms with Crippen molar-refractivity contribution in [2.75, 3.05) is 25.7 Å². The molecule has 1 aliphatic carbocycles. The number of hydrogen-bond acceptors (Lipinski definition) is 5. The highest BCUT2D eigenvalue weighted by atomic mass is 16.5. The van der Waals surface area contributed by atoms with E-state index < -0.39 is 0 Å². The summed E-state index contributed by atoms with van der Waals surface area (Å²) in [5.74, 6) is 0.792. The Hall–Kier alpha value is -3.09. The molecular weight excluding hydrogens is 370 g/mol. The van der Waals surface area contributed by atoms with E-state index in [4.69, 9.17) is 9.47 Å². The highest BCUT2D eigenvalue weighted by molar-refractivity contribution is 6.01. The van der Waals surface area contributed by atoms with Crippen molar-refractivity contribution in [3.05, 3.63) is 48.3 Å². The zero-order chi connectivity index (χ0) is 20.4. The van der Waals surface area contributed by atoms with Crippen molar-refractivity contribution in [3.8, 4) is 11.5 Å². The fourth-order valence-electron chi connectivity index (χ4n) is 3.79. The number of ether oxygens (including phenoxy) is 2. The van der Waals surface area contributed by atoms with Crippen molar-refractivity contribution in [3.63, 3.8) is 0 Å². The molecule has 1 aliphatic heterocycles. The molecule has 7 heteroatoms. The lowest BCUT2D eigenvalue weighted by Gasteiger charge is -2.25. The Kier molecular flexibility index (Phi) is 5.38. The zero-order valence-corrected chi connectivity index (χ0v) is 16.7. The molecular formula is C22H25N3O4. The fourth-order valence-corrected chi connectivity index (χ4v) is 3.79. The van der Waals surface area contributed by atoms with Crippen LogP contribution >= 0.6 is 0 Å². The summed E-state index contributed by atoms with van der Waals surface area (Å²) >= 11 is 0. The second-order valence-corrected chi connectivity index (χ2v) is 7.46. The van der Waals surface area contributed by atoms with Gasteiger partial charge >= 0.3 is 0 Å². The molecule has 1 saturated carbocycles. The summed E-state index contributed by atoms with van der Waals surface area (Å²) < 4.78 is 10.7. The van der Waals surface area contributed by atoms with E-state index in [0.717, 1.165) is 18.5 Å². The average molecular weight is 395 g/mol. The molecule has 0 N–H and O–H groups in total. The molecule has 1 unspecified atom stereocenters. The topological polar surface area (TPSA) is 72.0 Å². The van der Waals surface area contributed by atoms with Crippen LogP contribution in [0, 0.1) is 5.92 Å². The first-order chi connectivity index (χ1) is 14.1. The van der Waals surface area contributed by atoms with Crippen LogP contribution < -0.4 is 14.4 Å². The lowest BCUT2D eigenvalue weighted by Crippen LogP contribution is -2.38. The predicted octanol–water partition coefficient (Wildman–Crippen LogP) is 2.64. The second-order valence-electron chi connectivity index (χ2n) is 7.46. The van der Waals surface area contributed by atoms with E-state index in [-0.39, 0.29) is 30.2 Å². The molecule has 29 heavy (non-hydrogen) atoms. The third-order valence-corrected chi connectivity index (χ3v) is 5.48. The summed E-state index contributed by atoms with van der Waals surface area (Å²) in [5.41, 5.74) is 1.50. The number of aromatic nitrogens is 1. The second kappa shape index (κ2) is 8.11. The first kappa shape index (κ1) is 19.2. The molecule has 0 radical (unpaired) electrons. The van der Waals surface area contributed by atoms with E-state index in [2.05, 4.69) is 4.98 Å². The molecule has 1 atom stereocenters. The Morgan fingerprint density at radius 1 is 1.21 bits per heavy atom. The Bertz CT molecular complexity index is 898. The summed E-state index contributed by atoms with van der Waals surface area (Å²) in [6.45, 7) is 0.824. The Morgan fingerprint density at radius 3 is 2.69 bits per heavy atom. The number of methoxy groups -OCH3 is 2. The molecule has 1 aromatic carbocycles. The van der Waals surface area contributed by atoms with Crippen LogP contribution in [0.4, 0.5) is 5.69 Å². The standard InChI is InChI=1S/C22H25N3O4/c1-28-18-8-9-20(29-2)19(12-18)25-13-15(11-21(25)26)22(27)24(17-6-7-17)14-16-5-3-4-10-23-16/h3-5,8-10,12,15,17H,6-7,11,13-14H2,1-2H3. The summed E-state index contributed by atoms with van der Waals surface area (Å²) in [7, 11) is 3.14. The molecule has 152 valence electrons. The van der Waals surface area contributed by atoms with Gasteiger partial charge in [0.05, 0.1) is 38.1 Å². The molecule has 0 spiro atoms. The van der Waals surface area contributed by atoms with Gasteiger partial charge in [-0.1, -0.05) is 6.07 Å². The lowest BCUT2D eigenvalue weighted by molar-refractivity contribution is -0.137. The van der Waals surface area contributed by atoms with Gasteiger partial charge in [-0.25, -0.2) is 0 Å². The number of nitrogens with zero attached hydrogens (tertiary/aromatic N) is 3. The van der Waals surface area contributed by atoms with Gasteiger partial charge in [0.2, 0.25) is 11.8 Å². The summed E-state index contributed by atoms with van der Waals surface area (Å²) in [4.78, 5) is 34.0. The first-order valence-corrected chi connectivity index (χ1v) is 9.83. The smallest absolute Gasteiger partial charge is 0.228 e. The van der Waals surface area contributed by atoms with Crippen LogP contribution in [0.15, 0.2) is 42.6 Å². The van der Waals surface area contributed by atoms with E-state index in [0.29, 0.717) is 30.3 Å². The predicted molar refractivity (Wildman–Crippen MR) is 108 cm³/mol. The molecule has 2 fully saturated rings. The van der Waals surface area contributed by atoms with E-state index >= 15 is 0 Å². The van der Waals surface area contributed by atoms with Crippen molar-refractivity contribution in [2.24, 2.45) is 5.92 Å². The summed E-state index contributed by atoms with van der Waals surface area (Å²) in [6, 6.07) is 11.3. The molecule has 1 saturated heterocycles. The number of hydrogen-bond donors (Lipinski definition) is 0. The lowest BCUT2D eigenvalue weighted by atomic mass is 10.1. The summed E-state index contributed by atoms with van der Waals surface area (Å²) in [5, 5.41) is 0. The minimum absolute atomic E-state index is 0.0240. The van der Waals surface area contributed by atoms with Gasteiger partial charge in [-0.2, -0.15) is 0 Å². The van der Waals surface area contributed by atoms with Crippen LogP contribution in [-0.4, -0.2) is 48.5 Å². The fraction of sp³-hybridized carbons (Fsp3) is 0.409. The van der Waals surface area contributed by atoms with Crippen molar-refractivity contribution in [2.45, 2.75) is 31.8 Å². The zero-order valence-electron chi connectivity index (χ0n) is 16.7. The maximum Gasteiger partial charge on any atom is 0.228 e. The average Bonchev–Trinajstić information content (AvgIpc) is 3.53. The Labute approximate surface area is 170 Å². The molecule has 4 rings (SSSR count). The summed E-state index contributed by atoms with van der Waals surface area (Å²) in [6.07, 6.45) is 3.95. The van der Waals surface area contributed by atoms with Gasteiger partial charge in [-0.15, -0.1) is 0 Å². The number of benzene rings is 1. The van der Waals surface area contributed by atoms with Crippen LogP contribution in [0.1, 0.15) is 25.0 Å². The first-order valence-electron chi connectivity index (χ1n) is 9.83. The number of carbonyl (C=O) groups excluding carboxylic acids is 2. The van der Waals surface area contributed by atoms with Gasteiger partial charge in [0.1, 0.15) is 11.5 Å². The van der Waals surface area contributed by atoms with Crippen LogP contribution in [0.5, 0.6) is 11.5 Å².